The summed E-state index contributed by atoms with van der Waals surface area (Å²) in [4.78, 5) is 18.4. The van der Waals surface area contributed by atoms with E-state index in [0.29, 0.717) is 17.8 Å². The minimum Gasteiger partial charge on any atom is -0.463 e. The fraction of sp³-hybridized carbons (Fsp3) is 0.294. The summed E-state index contributed by atoms with van der Waals surface area (Å²) in [6.45, 7) is -0.423. The highest BCUT2D eigenvalue weighted by molar-refractivity contribution is 7.89. The smallest absolute Gasteiger partial charge is 0.256 e. The van der Waals surface area contributed by atoms with Gasteiger partial charge in [0.15, 0.2) is 0 Å². The van der Waals surface area contributed by atoms with Crippen LogP contribution in [0.15, 0.2) is 47.5 Å². The molecule has 1 amide bonds. The topological polar surface area (TPSA) is 79.8 Å². The Hall–Kier alpha value is -2.52. The Kier molecular flexibility index (Phi) is 4.12. The van der Waals surface area contributed by atoms with Gasteiger partial charge in [0.2, 0.25) is 16.9 Å². The molecule has 1 fully saturated rings. The summed E-state index contributed by atoms with van der Waals surface area (Å²) in [5, 5.41) is 0. The number of rotatable bonds is 4. The molecule has 0 N–H and O–H groups in total. The van der Waals surface area contributed by atoms with Crippen LogP contribution in [0.25, 0.3) is 0 Å². The number of amides is 1. The van der Waals surface area contributed by atoms with Crippen LogP contribution in [-0.4, -0.2) is 55.0 Å². The van der Waals surface area contributed by atoms with Crippen molar-refractivity contribution in [2.75, 3.05) is 26.5 Å². The maximum atomic E-state index is 13.0. The molecule has 0 bridgehead atoms. The molecular weight excluding hydrogens is 361 g/mol. The zero-order valence-corrected chi connectivity index (χ0v) is 14.5. The molecule has 3 heterocycles. The van der Waals surface area contributed by atoms with Gasteiger partial charge in [-0.1, -0.05) is 6.07 Å². The molecule has 1 aromatic heterocycles. The van der Waals surface area contributed by atoms with Crippen LogP contribution in [0.3, 0.4) is 0 Å². The minimum absolute atomic E-state index is 0.0301. The van der Waals surface area contributed by atoms with Gasteiger partial charge in [-0.05, 0) is 24.3 Å². The van der Waals surface area contributed by atoms with Crippen LogP contribution in [0.2, 0.25) is 0 Å². The molecule has 0 aliphatic carbocycles. The zero-order valence-electron chi connectivity index (χ0n) is 13.7. The van der Waals surface area contributed by atoms with Gasteiger partial charge in [0.1, 0.15) is 5.75 Å². The summed E-state index contributed by atoms with van der Waals surface area (Å²) < 4.78 is 44.4. The van der Waals surface area contributed by atoms with Crippen molar-refractivity contribution < 1.29 is 22.3 Å². The molecule has 2 aliphatic heterocycles. The van der Waals surface area contributed by atoms with Crippen molar-refractivity contribution in [2.45, 2.75) is 10.9 Å². The fourth-order valence-electron chi connectivity index (χ4n) is 3.41. The third kappa shape index (κ3) is 2.63. The first kappa shape index (κ1) is 16.9. The van der Waals surface area contributed by atoms with Crippen molar-refractivity contribution in [1.82, 2.24) is 14.2 Å². The summed E-state index contributed by atoms with van der Waals surface area (Å²) in [7, 11) is -3.80. The van der Waals surface area contributed by atoms with Crippen molar-refractivity contribution in [3.63, 3.8) is 0 Å². The van der Waals surface area contributed by atoms with Gasteiger partial charge in [-0.3, -0.25) is 9.78 Å². The number of ether oxygens (including phenoxy) is 1. The van der Waals surface area contributed by atoms with Crippen LogP contribution >= 0.6 is 0 Å². The van der Waals surface area contributed by atoms with Gasteiger partial charge >= 0.3 is 0 Å². The quantitative estimate of drug-likeness (QED) is 0.808. The number of alkyl halides is 1. The van der Waals surface area contributed by atoms with E-state index in [9.17, 15) is 17.6 Å². The molecule has 136 valence electrons. The number of sulfonamides is 1. The van der Waals surface area contributed by atoms with Gasteiger partial charge in [-0.2, -0.15) is 4.31 Å². The number of aromatic nitrogens is 1. The van der Waals surface area contributed by atoms with Gasteiger partial charge in [0.05, 0.1) is 22.2 Å². The molecule has 0 spiro atoms. The van der Waals surface area contributed by atoms with Crippen LogP contribution in [0.4, 0.5) is 4.39 Å². The molecule has 7 nitrogen and oxygen atoms in total. The van der Waals surface area contributed by atoms with Crippen molar-refractivity contribution in [1.29, 1.82) is 0 Å². The van der Waals surface area contributed by atoms with Crippen LogP contribution in [-0.2, 0) is 10.0 Å². The molecule has 0 radical (unpaired) electrons. The third-order valence-electron chi connectivity index (χ3n) is 4.65. The number of carbonyl (C=O) groups is 1. The third-order valence-corrected chi connectivity index (χ3v) is 6.51. The van der Waals surface area contributed by atoms with Gasteiger partial charge in [-0.15, -0.1) is 0 Å². The largest absolute Gasteiger partial charge is 0.463 e. The summed E-state index contributed by atoms with van der Waals surface area (Å²) in [5.41, 5.74) is 1.13. The second kappa shape index (κ2) is 6.33. The van der Waals surface area contributed by atoms with Gasteiger partial charge in [0, 0.05) is 31.9 Å². The van der Waals surface area contributed by atoms with Crippen LogP contribution in [0, 0.1) is 0 Å². The van der Waals surface area contributed by atoms with Crippen molar-refractivity contribution >= 4 is 15.9 Å². The Morgan fingerprint density at radius 2 is 2.08 bits per heavy atom. The highest BCUT2D eigenvalue weighted by Crippen LogP contribution is 2.36. The lowest BCUT2D eigenvalue weighted by atomic mass is 10.1. The van der Waals surface area contributed by atoms with E-state index >= 15 is 0 Å². The molecule has 2 aliphatic rings. The molecule has 1 atom stereocenters. The summed E-state index contributed by atoms with van der Waals surface area (Å²) in [6, 6.07) is 8.75. The SMILES string of the molecule is O=C1c2cccnc2C2CN(S(=O)(=O)c3cccc(OCF)c3)CCN12. The lowest BCUT2D eigenvalue weighted by Crippen LogP contribution is -2.49. The van der Waals surface area contributed by atoms with E-state index in [1.807, 2.05) is 0 Å². The Bertz CT molecular complexity index is 966. The Balaban J connectivity index is 1.64. The molecule has 2 aromatic rings. The molecule has 9 heteroatoms. The van der Waals surface area contributed by atoms with E-state index < -0.39 is 22.9 Å². The number of carbonyl (C=O) groups excluding carboxylic acids is 1. The molecule has 1 unspecified atom stereocenters. The number of piperazine rings is 1. The second-order valence-electron chi connectivity index (χ2n) is 6.04. The minimum atomic E-state index is -3.80. The van der Waals surface area contributed by atoms with E-state index in [1.165, 1.54) is 28.6 Å². The molecule has 0 saturated carbocycles. The number of hydrogen-bond acceptors (Lipinski definition) is 5. The Morgan fingerprint density at radius 1 is 1.23 bits per heavy atom. The van der Waals surface area contributed by atoms with E-state index in [4.69, 9.17) is 4.74 Å². The Morgan fingerprint density at radius 3 is 2.88 bits per heavy atom. The Labute approximate surface area is 150 Å². The monoisotopic (exact) mass is 377 g/mol. The fourth-order valence-corrected chi connectivity index (χ4v) is 4.88. The highest BCUT2D eigenvalue weighted by atomic mass is 32.2. The first-order valence-electron chi connectivity index (χ1n) is 8.07. The number of nitrogens with zero attached hydrogens (tertiary/aromatic N) is 3. The lowest BCUT2D eigenvalue weighted by molar-refractivity contribution is 0.0625. The average molecular weight is 377 g/mol. The van der Waals surface area contributed by atoms with Gasteiger partial charge < -0.3 is 9.64 Å². The first-order valence-corrected chi connectivity index (χ1v) is 9.51. The summed E-state index contributed by atoms with van der Waals surface area (Å²) >= 11 is 0. The normalized spacial score (nSPS) is 20.0. The van der Waals surface area contributed by atoms with E-state index in [1.54, 1.807) is 23.2 Å². The van der Waals surface area contributed by atoms with Gasteiger partial charge in [-0.25, -0.2) is 12.8 Å². The standard InChI is InChI=1S/C17H16FN3O4S/c18-11-25-12-3-1-4-13(9-12)26(23,24)20-7-8-21-15(10-20)16-14(17(21)22)5-2-6-19-16/h1-6,9,15H,7-8,10-11H2. The average Bonchev–Trinajstić information content (AvgIpc) is 2.95. The summed E-state index contributed by atoms with van der Waals surface area (Å²) in [5.74, 6) is 0.0313. The predicted octanol–water partition coefficient (Wildman–Crippen LogP) is 1.59. The van der Waals surface area contributed by atoms with E-state index in [0.717, 1.165) is 0 Å². The molecule has 26 heavy (non-hydrogen) atoms. The first-order chi connectivity index (χ1) is 12.5. The summed E-state index contributed by atoms with van der Waals surface area (Å²) in [6.07, 6.45) is 1.60. The molecule has 1 aromatic carbocycles. The second-order valence-corrected chi connectivity index (χ2v) is 7.98. The van der Waals surface area contributed by atoms with Gasteiger partial charge in [0.25, 0.3) is 5.91 Å². The van der Waals surface area contributed by atoms with Crippen molar-refractivity contribution in [3.05, 3.63) is 53.9 Å². The number of pyridine rings is 1. The highest BCUT2D eigenvalue weighted by Gasteiger charge is 2.44. The van der Waals surface area contributed by atoms with Crippen LogP contribution < -0.4 is 4.74 Å². The van der Waals surface area contributed by atoms with E-state index in [2.05, 4.69) is 4.98 Å². The number of halogens is 1. The van der Waals surface area contributed by atoms with Crippen LogP contribution in [0.5, 0.6) is 5.75 Å². The van der Waals surface area contributed by atoms with Crippen molar-refractivity contribution in [2.24, 2.45) is 0 Å². The molecular formula is C17H16FN3O4S. The maximum Gasteiger partial charge on any atom is 0.256 e. The van der Waals surface area contributed by atoms with Crippen LogP contribution in [0.1, 0.15) is 22.1 Å². The predicted molar refractivity (Wildman–Crippen MR) is 89.8 cm³/mol. The lowest BCUT2D eigenvalue weighted by Gasteiger charge is -2.36. The molecule has 4 rings (SSSR count). The number of hydrogen-bond donors (Lipinski definition) is 0. The zero-order chi connectivity index (χ0) is 18.3. The maximum absolute atomic E-state index is 13.0. The number of benzene rings is 1. The van der Waals surface area contributed by atoms with E-state index in [-0.39, 0.29) is 29.6 Å². The molecule has 1 saturated heterocycles. The number of fused-ring (bicyclic) bond motifs is 3. The van der Waals surface area contributed by atoms with Crippen molar-refractivity contribution in [3.8, 4) is 5.75 Å².